The summed E-state index contributed by atoms with van der Waals surface area (Å²) < 4.78 is 51.7. The van der Waals surface area contributed by atoms with Gasteiger partial charge in [-0.05, 0) is 0 Å². The molecule has 0 aliphatic rings. The molecule has 9 heteroatoms. The summed E-state index contributed by atoms with van der Waals surface area (Å²) in [5.74, 6) is 0. The van der Waals surface area contributed by atoms with Gasteiger partial charge in [0.25, 0.3) is 0 Å². The predicted octanol–water partition coefficient (Wildman–Crippen LogP) is -3.62. The third kappa shape index (κ3) is 205. The van der Waals surface area contributed by atoms with Crippen LogP contribution >= 0.6 is 0 Å². The van der Waals surface area contributed by atoms with Crippen LogP contribution in [0.2, 0.25) is 0 Å². The second-order valence-electron chi connectivity index (χ2n) is 0.447. The number of rotatable bonds is 0. The first-order valence-electron chi connectivity index (χ1n) is 1.10. The first kappa shape index (κ1) is 17.0. The van der Waals surface area contributed by atoms with E-state index in [1.807, 2.05) is 0 Å². The zero-order chi connectivity index (χ0) is 7.15. The first-order chi connectivity index (χ1) is 3.46. The van der Waals surface area contributed by atoms with Gasteiger partial charge in [0, 0.05) is 0 Å². The summed E-state index contributed by atoms with van der Waals surface area (Å²) in [5.41, 5.74) is 0. The summed E-state index contributed by atoms with van der Waals surface area (Å²) in [4.78, 5) is 0. The van der Waals surface area contributed by atoms with E-state index in [1.165, 1.54) is 0 Å². The molecule has 2 radical (unpaired) electrons. The van der Waals surface area contributed by atoms with Gasteiger partial charge in [-0.1, -0.05) is 0 Å². The summed E-state index contributed by atoms with van der Waals surface area (Å²) >= 11 is -8.69. The van der Waals surface area contributed by atoms with E-state index in [4.69, 9.17) is 18.9 Å². The van der Waals surface area contributed by atoms with Crippen LogP contribution in [0, 0.1) is 0 Å². The van der Waals surface area contributed by atoms with Crippen molar-refractivity contribution in [2.24, 2.45) is 0 Å². The van der Waals surface area contributed by atoms with Gasteiger partial charge in [-0.25, -0.2) is 0 Å². The van der Waals surface area contributed by atoms with E-state index in [9.17, 15) is 0 Å². The molecule has 9 heavy (non-hydrogen) atoms. The zero-order valence-electron chi connectivity index (χ0n) is 3.84. The second kappa shape index (κ2) is 12.4. The quantitative estimate of drug-likeness (QED) is 0.243. The Morgan fingerprint density at radius 1 is 1.22 bits per heavy atom. The fourth-order valence-corrected chi connectivity index (χ4v) is 0. The van der Waals surface area contributed by atoms with Crippen LogP contribution in [0.25, 0.3) is 0 Å². The Bertz CT molecular complexity index is 130. The third-order valence-corrected chi connectivity index (χ3v) is 0. The van der Waals surface area contributed by atoms with Crippen molar-refractivity contribution < 1.29 is 37.7 Å². The molecule has 0 saturated carbocycles. The van der Waals surface area contributed by atoms with E-state index < -0.39 is 41.0 Å². The molecule has 0 aromatic heterocycles. The van der Waals surface area contributed by atoms with Crippen molar-refractivity contribution in [3.8, 4) is 0 Å². The summed E-state index contributed by atoms with van der Waals surface area (Å²) in [7, 11) is 0. The van der Waals surface area contributed by atoms with Gasteiger partial charge in [0.2, 0.25) is 0 Å². The molecule has 0 bridgehead atoms. The van der Waals surface area contributed by atoms with Gasteiger partial charge in [0.05, 0.1) is 0 Å². The van der Waals surface area contributed by atoms with Crippen molar-refractivity contribution in [1.29, 1.82) is 0 Å². The van der Waals surface area contributed by atoms with Crippen LogP contribution in [0.3, 0.4) is 0 Å². The van der Waals surface area contributed by atoms with E-state index in [0.29, 0.717) is 0 Å². The van der Waals surface area contributed by atoms with E-state index in [1.54, 1.807) is 0 Å². The molecule has 0 N–H and O–H groups in total. The van der Waals surface area contributed by atoms with Crippen LogP contribution in [0.5, 0.6) is 0 Å². The maximum absolute atomic E-state index is 8.62. The topological polar surface area (TPSA) is 114 Å². The largest absolute Gasteiger partial charge is 2.00 e. The average molecular weight is 693 g/mol. The zero-order valence-corrected chi connectivity index (χ0v) is 14.4. The minimum Gasteiger partial charge on any atom is 2.00 e. The molecule has 0 saturated heterocycles. The third-order valence-electron chi connectivity index (χ3n) is 0. The van der Waals surface area contributed by atoms with Gasteiger partial charge in [-0.15, -0.1) is 0 Å². The Balaban J connectivity index is -0.0000000720. The molecule has 0 atom stereocenters. The Kier molecular flexibility index (Phi) is 23.3. The molecule has 0 fully saturated rings. The van der Waals surface area contributed by atoms with Crippen molar-refractivity contribution >= 4 is 49.5 Å². The summed E-state index contributed by atoms with van der Waals surface area (Å²) in [6.07, 6.45) is 0. The second-order valence-corrected chi connectivity index (χ2v) is 3.79. The Morgan fingerprint density at radius 3 is 1.22 bits per heavy atom. The summed E-state index contributed by atoms with van der Waals surface area (Å²) in [5, 5.41) is 0. The molecule has 0 heterocycles. The minimum atomic E-state index is -4.34. The van der Waals surface area contributed by atoms with Gasteiger partial charge >= 0.3 is 87.2 Å². The van der Waals surface area contributed by atoms with Gasteiger partial charge in [0.1, 0.15) is 0 Å². The van der Waals surface area contributed by atoms with Crippen molar-refractivity contribution in [3.63, 3.8) is 0 Å². The Morgan fingerprint density at radius 2 is 1.22 bits per heavy atom. The molecule has 0 spiro atoms. The molecule has 50 valence electrons. The molecule has 0 unspecified atom stereocenters. The van der Waals surface area contributed by atoms with Gasteiger partial charge < -0.3 is 0 Å². The maximum Gasteiger partial charge on any atom is 2.00 e. The summed E-state index contributed by atoms with van der Waals surface area (Å²) in [6, 6.07) is 0. The van der Waals surface area contributed by atoms with Crippen molar-refractivity contribution in [3.05, 3.63) is 0 Å². The van der Waals surface area contributed by atoms with E-state index >= 15 is 0 Å². The van der Waals surface area contributed by atoms with E-state index in [2.05, 4.69) is 0 Å². The van der Waals surface area contributed by atoms with Crippen molar-refractivity contribution in [2.75, 3.05) is 0 Å². The van der Waals surface area contributed by atoms with Crippen molar-refractivity contribution in [2.45, 2.75) is 0 Å². The van der Waals surface area contributed by atoms with Crippen LogP contribution in [-0.2, 0) is 30.9 Å². The van der Waals surface area contributed by atoms with Crippen LogP contribution < -0.4 is 6.80 Å². The van der Waals surface area contributed by atoms with Gasteiger partial charge in [-0.2, -0.15) is 0 Å². The fourth-order valence-electron chi connectivity index (χ4n) is 0. The fraction of sp³-hybridized carbons (Fsp3) is 0. The predicted molar refractivity (Wildman–Crippen MR) is 14.3 cm³/mol. The minimum absolute atomic E-state index is 0. The number of hydrogen-bond donors (Lipinski definition) is 0. The van der Waals surface area contributed by atoms with Crippen LogP contribution in [-0.4, -0.2) is 49.5 Å². The van der Waals surface area contributed by atoms with Crippen LogP contribution in [0.4, 0.5) is 0 Å². The maximum atomic E-state index is 8.62. The number of hydrogen-bond acceptors (Lipinski definition) is 6. The molecule has 0 aromatic rings. The normalized spacial score (nSPS) is 5.56. The first-order valence-corrected chi connectivity index (χ1v) is 9.29. The van der Waals surface area contributed by atoms with Crippen molar-refractivity contribution in [1.82, 2.24) is 0 Å². The molecular weight excluding hydrogens is 693 g/mol. The average Bonchev–Trinajstić information content (AvgIpc) is 1.25. The van der Waals surface area contributed by atoms with Gasteiger partial charge in [0.15, 0.2) is 0 Å². The van der Waals surface area contributed by atoms with E-state index in [0.717, 1.165) is 0 Å². The molecular formula is BiO6PbTa. The van der Waals surface area contributed by atoms with E-state index in [-0.39, 0.29) is 27.3 Å². The molecule has 0 aliphatic carbocycles. The monoisotopic (exact) mass is 694 g/mol. The molecule has 0 aromatic carbocycles. The summed E-state index contributed by atoms with van der Waals surface area (Å²) in [6.45, 7) is 0. The molecule has 0 amide bonds. The Labute approximate surface area is 85.9 Å². The van der Waals surface area contributed by atoms with Crippen LogP contribution in [0.1, 0.15) is 0 Å². The Hall–Kier alpha value is 1.67. The smallest absolute Gasteiger partial charge is 2.00 e. The SMILES string of the molecule is [O]=[Bi](=[O])[O-].[O]=[Ta](=[O])[O-].[Pb+2]. The molecule has 0 aliphatic heterocycles. The standard InChI is InChI=1S/Bi.6O.Pb.Ta/q;;;;;2*-1;+2;. The molecule has 6 nitrogen and oxygen atoms in total. The molecule has 0 rings (SSSR count). The van der Waals surface area contributed by atoms with Crippen LogP contribution in [0.15, 0.2) is 0 Å². The van der Waals surface area contributed by atoms with Gasteiger partial charge in [-0.3, -0.25) is 0 Å².